The van der Waals surface area contributed by atoms with Crippen LogP contribution >= 0.6 is 22.9 Å². The van der Waals surface area contributed by atoms with E-state index in [1.165, 1.54) is 4.90 Å². The summed E-state index contributed by atoms with van der Waals surface area (Å²) >= 11 is 7.82. The monoisotopic (exact) mass is 894 g/mol. The fourth-order valence-corrected chi connectivity index (χ4v) is 10.4. The van der Waals surface area contributed by atoms with E-state index < -0.39 is 40.3 Å². The average Bonchev–Trinajstić information content (AvgIpc) is 3.85. The van der Waals surface area contributed by atoms with Gasteiger partial charge in [-0.2, -0.15) is 5.26 Å². The third-order valence-electron chi connectivity index (χ3n) is 12.6. The van der Waals surface area contributed by atoms with Gasteiger partial charge < -0.3 is 30.7 Å². The summed E-state index contributed by atoms with van der Waals surface area (Å²) in [7, 11) is 0. The molecule has 334 valence electrons. The topological polar surface area (TPSA) is 174 Å². The van der Waals surface area contributed by atoms with E-state index >= 15 is 0 Å². The van der Waals surface area contributed by atoms with E-state index in [1.807, 2.05) is 76.5 Å². The van der Waals surface area contributed by atoms with Crippen molar-refractivity contribution >= 4 is 46.6 Å². The number of aliphatic hydroxyl groups is 1. The highest BCUT2D eigenvalue weighted by molar-refractivity contribution is 7.13. The maximum absolute atomic E-state index is 14.1. The molecule has 0 bridgehead atoms. The molecule has 4 N–H and O–H groups in total. The standard InChI is InChI=1S/C49H59ClN6O6S/c1-28(31-17-19-32(20-18-31)40-29(2)52-27-63-40)53-43(60)38-23-35(57)26-56(38)44(61)41(47(3,4)5)54-39(58)12-10-11-30-13-15-33(16-14-30)42(59)55-45-48(6,7)46(49(45,8)9)62-36-22-21-34(25-51)37(50)24-36/h13-22,24,27-28,35,38,41,45-46,57H,10-12,23,26H2,1-9H3,(H,53,60)(H,54,58)(H,55,59)/t28-,35+,38-,41+,45-,46-/m0/s1. The van der Waals surface area contributed by atoms with Gasteiger partial charge in [0.1, 0.15) is 30.0 Å². The molecule has 1 saturated heterocycles. The molecule has 12 nitrogen and oxygen atoms in total. The number of thiazole rings is 1. The van der Waals surface area contributed by atoms with Crippen LogP contribution in [-0.4, -0.2) is 75.5 Å². The van der Waals surface area contributed by atoms with Crippen LogP contribution in [0.5, 0.6) is 5.75 Å². The van der Waals surface area contributed by atoms with Gasteiger partial charge in [-0.15, -0.1) is 11.3 Å². The van der Waals surface area contributed by atoms with Crippen molar-refractivity contribution in [1.29, 1.82) is 5.26 Å². The lowest BCUT2D eigenvalue weighted by molar-refractivity contribution is -0.164. The van der Waals surface area contributed by atoms with Gasteiger partial charge in [-0.25, -0.2) is 4.98 Å². The van der Waals surface area contributed by atoms with E-state index in [9.17, 15) is 29.5 Å². The highest BCUT2D eigenvalue weighted by Gasteiger charge is 2.64. The summed E-state index contributed by atoms with van der Waals surface area (Å²) in [5, 5.41) is 29.4. The predicted octanol–water partition coefficient (Wildman–Crippen LogP) is 7.95. The van der Waals surface area contributed by atoms with Crippen molar-refractivity contribution in [2.45, 2.75) is 124 Å². The minimum atomic E-state index is -0.925. The van der Waals surface area contributed by atoms with Crippen LogP contribution in [0.25, 0.3) is 10.4 Å². The van der Waals surface area contributed by atoms with Crippen molar-refractivity contribution in [1.82, 2.24) is 25.8 Å². The summed E-state index contributed by atoms with van der Waals surface area (Å²) in [6.45, 7) is 17.6. The van der Waals surface area contributed by atoms with Crippen LogP contribution < -0.4 is 20.7 Å². The predicted molar refractivity (Wildman–Crippen MR) is 245 cm³/mol. The first-order chi connectivity index (χ1) is 29.6. The molecule has 1 aliphatic carbocycles. The molecule has 0 spiro atoms. The molecule has 4 amide bonds. The fourth-order valence-electron chi connectivity index (χ4n) is 9.33. The van der Waals surface area contributed by atoms with Crippen molar-refractivity contribution < 1.29 is 29.0 Å². The number of ether oxygens (including phenoxy) is 1. The first-order valence-electron chi connectivity index (χ1n) is 21.5. The number of amides is 4. The highest BCUT2D eigenvalue weighted by atomic mass is 35.5. The number of nitrogens with one attached hydrogen (secondary N) is 3. The zero-order chi connectivity index (χ0) is 46.0. The Hall–Kier alpha value is -5.29. The highest BCUT2D eigenvalue weighted by Crippen LogP contribution is 2.55. The lowest BCUT2D eigenvalue weighted by Gasteiger charge is -2.63. The van der Waals surface area contributed by atoms with Crippen LogP contribution in [0.1, 0.15) is 113 Å². The zero-order valence-electron chi connectivity index (χ0n) is 37.5. The number of hydrogen-bond acceptors (Lipinski definition) is 9. The smallest absolute Gasteiger partial charge is 0.251 e. The molecule has 1 aliphatic heterocycles. The minimum Gasteiger partial charge on any atom is -0.489 e. The van der Waals surface area contributed by atoms with Crippen molar-refractivity contribution in [2.24, 2.45) is 16.2 Å². The van der Waals surface area contributed by atoms with Crippen LogP contribution in [0.3, 0.4) is 0 Å². The summed E-state index contributed by atoms with van der Waals surface area (Å²) in [5.74, 6) is -0.696. The van der Waals surface area contributed by atoms with Crippen molar-refractivity contribution in [2.75, 3.05) is 6.54 Å². The van der Waals surface area contributed by atoms with Crippen molar-refractivity contribution in [3.63, 3.8) is 0 Å². The number of aromatic nitrogens is 1. The molecule has 1 aromatic heterocycles. The Morgan fingerprint density at radius 1 is 1.02 bits per heavy atom. The molecular formula is C49H59ClN6O6S. The van der Waals surface area contributed by atoms with Crippen LogP contribution in [0.4, 0.5) is 0 Å². The Morgan fingerprint density at radius 2 is 1.68 bits per heavy atom. The van der Waals surface area contributed by atoms with Gasteiger partial charge in [-0.05, 0) is 73.1 Å². The van der Waals surface area contributed by atoms with Gasteiger partial charge in [0, 0.05) is 47.9 Å². The Kier molecular flexibility index (Phi) is 14.1. The third-order valence-corrected chi connectivity index (χ3v) is 13.9. The summed E-state index contributed by atoms with van der Waals surface area (Å²) in [6.07, 6.45) is 0.252. The fraction of sp³-hybridized carbons (Fsp3) is 0.469. The molecule has 3 aromatic carbocycles. The average molecular weight is 896 g/mol. The number of β-amino-alcohol motifs (C(OH)–C–C–N with tert-alkyl or cyclic N) is 1. The summed E-state index contributed by atoms with van der Waals surface area (Å²) in [4.78, 5) is 61.5. The van der Waals surface area contributed by atoms with E-state index in [0.717, 1.165) is 27.3 Å². The number of carbonyl (C=O) groups excluding carboxylic acids is 4. The lowest BCUT2D eigenvalue weighted by Crippen LogP contribution is -2.74. The van der Waals surface area contributed by atoms with E-state index in [0.29, 0.717) is 34.7 Å². The number of nitriles is 1. The molecule has 4 aromatic rings. The summed E-state index contributed by atoms with van der Waals surface area (Å²) in [5.41, 5.74) is 5.09. The second kappa shape index (κ2) is 18.8. The zero-order valence-corrected chi connectivity index (χ0v) is 39.1. The number of nitrogens with zero attached hydrogens (tertiary/aromatic N) is 3. The molecular weight excluding hydrogens is 836 g/mol. The van der Waals surface area contributed by atoms with Crippen LogP contribution in [0, 0.1) is 34.5 Å². The van der Waals surface area contributed by atoms with Crippen molar-refractivity contribution in [3.05, 3.63) is 105 Å². The van der Waals surface area contributed by atoms with Crippen LogP contribution in [0.15, 0.2) is 72.2 Å². The first-order valence-corrected chi connectivity index (χ1v) is 22.7. The Balaban J connectivity index is 0.994. The first kappa shape index (κ1) is 47.2. The molecule has 4 atom stereocenters. The SMILES string of the molecule is Cc1ncsc1-c1ccc([C@H](C)NC(=O)[C@@H]2C[C@@H](O)CN2C(=O)[C@@H](NC(=O)CCCc2ccc(C(=O)N[C@H]3C(C)(C)[C@H](Oc4ccc(C#N)c(Cl)c4)C3(C)C)cc2)C(C)(C)C)cc1. The molecule has 63 heavy (non-hydrogen) atoms. The molecule has 2 fully saturated rings. The van der Waals surface area contributed by atoms with Gasteiger partial charge in [-0.1, -0.05) is 96.5 Å². The number of aliphatic hydroxyl groups excluding tert-OH is 1. The number of benzene rings is 3. The van der Waals surface area contributed by atoms with Gasteiger partial charge in [0.2, 0.25) is 17.7 Å². The second-order valence-corrected chi connectivity index (χ2v) is 20.5. The molecule has 2 aliphatic rings. The Morgan fingerprint density at radius 3 is 2.27 bits per heavy atom. The number of rotatable bonds is 14. The van der Waals surface area contributed by atoms with E-state index in [-0.39, 0.29) is 55.3 Å². The van der Waals surface area contributed by atoms with Gasteiger partial charge >= 0.3 is 0 Å². The lowest BCUT2D eigenvalue weighted by atomic mass is 9.49. The van der Waals surface area contributed by atoms with Gasteiger partial charge in [0.25, 0.3) is 5.91 Å². The maximum atomic E-state index is 14.1. The third kappa shape index (κ3) is 10.4. The van der Waals surface area contributed by atoms with Crippen molar-refractivity contribution in [3.8, 4) is 22.3 Å². The Bertz CT molecular complexity index is 2350. The molecule has 0 radical (unpaired) electrons. The van der Waals surface area contributed by atoms with Gasteiger partial charge in [0.15, 0.2) is 0 Å². The number of carbonyl (C=O) groups is 4. The normalized spacial score (nSPS) is 21.0. The molecule has 1 saturated carbocycles. The molecule has 6 rings (SSSR count). The molecule has 2 heterocycles. The maximum Gasteiger partial charge on any atom is 0.251 e. The van der Waals surface area contributed by atoms with Crippen LogP contribution in [-0.2, 0) is 20.8 Å². The summed E-state index contributed by atoms with van der Waals surface area (Å²) in [6, 6.07) is 20.0. The molecule has 0 unspecified atom stereocenters. The van der Waals surface area contributed by atoms with Gasteiger partial charge in [0.05, 0.1) is 38.8 Å². The van der Waals surface area contributed by atoms with E-state index in [2.05, 4.69) is 54.7 Å². The number of aryl methyl sites for hydroxylation is 2. The number of hydrogen-bond donors (Lipinski definition) is 4. The second-order valence-electron chi connectivity index (χ2n) is 19.2. The minimum absolute atomic E-state index is 0.00855. The largest absolute Gasteiger partial charge is 0.489 e. The summed E-state index contributed by atoms with van der Waals surface area (Å²) < 4.78 is 6.36. The Labute approximate surface area is 379 Å². The number of halogens is 1. The van der Waals surface area contributed by atoms with Gasteiger partial charge in [-0.3, -0.25) is 19.2 Å². The van der Waals surface area contributed by atoms with Crippen LogP contribution in [0.2, 0.25) is 5.02 Å². The van der Waals surface area contributed by atoms with E-state index in [4.69, 9.17) is 16.3 Å². The number of likely N-dealkylation sites (tertiary alicyclic amines) is 1. The molecule has 14 heteroatoms. The quantitative estimate of drug-likeness (QED) is 0.0988. The van der Waals surface area contributed by atoms with E-state index in [1.54, 1.807) is 41.7 Å².